The average molecular weight is 268 g/mol. The minimum absolute atomic E-state index is 0.240. The van der Waals surface area contributed by atoms with Crippen molar-refractivity contribution in [3.63, 3.8) is 0 Å². The highest BCUT2D eigenvalue weighted by Gasteiger charge is 2.31. The Labute approximate surface area is 115 Å². The van der Waals surface area contributed by atoms with E-state index < -0.39 is 5.97 Å². The van der Waals surface area contributed by atoms with E-state index in [0.29, 0.717) is 13.2 Å². The summed E-state index contributed by atoms with van der Waals surface area (Å²) in [5.74, 6) is -0.435. The van der Waals surface area contributed by atoms with E-state index in [9.17, 15) is 4.79 Å². The molecule has 0 aromatic heterocycles. The number of carbonyl (C=O) groups is 1. The third-order valence-electron chi connectivity index (χ3n) is 2.68. The van der Waals surface area contributed by atoms with Crippen molar-refractivity contribution >= 4 is 5.97 Å². The second-order valence-electron chi connectivity index (χ2n) is 4.23. The summed E-state index contributed by atoms with van der Waals surface area (Å²) in [6.07, 6.45) is 8.78. The monoisotopic (exact) mass is 268 g/mol. The number of esters is 1. The lowest BCUT2D eigenvalue weighted by Crippen LogP contribution is -2.36. The molecular formula is C15H24O4. The summed E-state index contributed by atoms with van der Waals surface area (Å²) in [5, 5.41) is 0. The fourth-order valence-corrected chi connectivity index (χ4v) is 1.36. The first-order chi connectivity index (χ1) is 9.14. The van der Waals surface area contributed by atoms with Crippen LogP contribution in [0.15, 0.2) is 37.3 Å². The molecule has 0 aromatic rings. The van der Waals surface area contributed by atoms with Crippen LogP contribution in [0.25, 0.3) is 0 Å². The van der Waals surface area contributed by atoms with E-state index in [2.05, 4.69) is 6.58 Å². The van der Waals surface area contributed by atoms with Crippen LogP contribution in [0.4, 0.5) is 0 Å². The van der Waals surface area contributed by atoms with Crippen molar-refractivity contribution in [1.82, 2.24) is 0 Å². The summed E-state index contributed by atoms with van der Waals surface area (Å²) < 4.78 is 16.0. The molecule has 0 aliphatic carbocycles. The van der Waals surface area contributed by atoms with Crippen molar-refractivity contribution in [3.8, 4) is 0 Å². The van der Waals surface area contributed by atoms with Gasteiger partial charge in [0.05, 0.1) is 31.2 Å². The topological polar surface area (TPSA) is 44.8 Å². The van der Waals surface area contributed by atoms with E-state index in [4.69, 9.17) is 14.2 Å². The summed E-state index contributed by atoms with van der Waals surface area (Å²) in [5.41, 5.74) is -0.363. The molecule has 0 fully saturated rings. The molecule has 19 heavy (non-hydrogen) atoms. The Bertz CT molecular complexity index is 302. The molecule has 0 heterocycles. The van der Waals surface area contributed by atoms with E-state index in [1.54, 1.807) is 12.5 Å². The molecule has 4 nitrogen and oxygen atoms in total. The highest BCUT2D eigenvalue weighted by Crippen LogP contribution is 2.24. The van der Waals surface area contributed by atoms with Gasteiger partial charge in [0.2, 0.25) is 0 Å². The lowest BCUT2D eigenvalue weighted by atomic mass is 9.88. The summed E-state index contributed by atoms with van der Waals surface area (Å²) in [4.78, 5) is 11.2. The number of allylic oxidation sites excluding steroid dienone is 2. The molecule has 0 aliphatic rings. The molecule has 0 aromatic carbocycles. The van der Waals surface area contributed by atoms with Gasteiger partial charge in [0.1, 0.15) is 6.61 Å². The summed E-state index contributed by atoms with van der Waals surface area (Å²) in [6, 6.07) is 0. The van der Waals surface area contributed by atoms with Gasteiger partial charge in [0.15, 0.2) is 0 Å². The van der Waals surface area contributed by atoms with Crippen molar-refractivity contribution in [3.05, 3.63) is 37.3 Å². The van der Waals surface area contributed by atoms with Crippen molar-refractivity contribution < 1.29 is 19.0 Å². The van der Waals surface area contributed by atoms with Gasteiger partial charge in [-0.2, -0.15) is 0 Å². The lowest BCUT2D eigenvalue weighted by molar-refractivity contribution is -0.144. The molecule has 0 unspecified atom stereocenters. The second kappa shape index (κ2) is 10.2. The van der Waals surface area contributed by atoms with Crippen LogP contribution in [0.2, 0.25) is 0 Å². The first-order valence-electron chi connectivity index (χ1n) is 6.39. The van der Waals surface area contributed by atoms with Crippen molar-refractivity contribution in [2.75, 3.05) is 19.8 Å². The van der Waals surface area contributed by atoms with Gasteiger partial charge in [0, 0.05) is 6.08 Å². The SMILES string of the molecule is C=CC(=O)OCC(CC)(CO/C=C/C)CO/C=C/C. The van der Waals surface area contributed by atoms with Crippen LogP contribution in [-0.4, -0.2) is 25.8 Å². The number of hydrogen-bond donors (Lipinski definition) is 0. The zero-order valence-corrected chi connectivity index (χ0v) is 12.1. The van der Waals surface area contributed by atoms with E-state index >= 15 is 0 Å². The summed E-state index contributed by atoms with van der Waals surface area (Å²) in [7, 11) is 0. The van der Waals surface area contributed by atoms with E-state index in [1.165, 1.54) is 0 Å². The molecule has 0 amide bonds. The Hall–Kier alpha value is -1.71. The first kappa shape index (κ1) is 17.3. The summed E-state index contributed by atoms with van der Waals surface area (Å²) in [6.45, 7) is 10.2. The standard InChI is InChI=1S/C15H24O4/c1-5-9-17-11-15(8-4,12-18-10-6-2)13-19-14(16)7-3/h5-7,9-10H,3,8,11-13H2,1-2,4H3/b9-5+,10-6+. The van der Waals surface area contributed by atoms with Crippen LogP contribution in [-0.2, 0) is 19.0 Å². The molecule has 0 saturated carbocycles. The number of ether oxygens (including phenoxy) is 3. The predicted molar refractivity (Wildman–Crippen MR) is 75.4 cm³/mol. The Morgan fingerprint density at radius 1 is 1.11 bits per heavy atom. The molecule has 0 radical (unpaired) electrons. The Balaban J connectivity index is 4.61. The van der Waals surface area contributed by atoms with Crippen LogP contribution >= 0.6 is 0 Å². The van der Waals surface area contributed by atoms with Crippen molar-refractivity contribution in [1.29, 1.82) is 0 Å². The average Bonchev–Trinajstić information content (AvgIpc) is 2.44. The Morgan fingerprint density at radius 3 is 2.00 bits per heavy atom. The molecular weight excluding hydrogens is 244 g/mol. The molecule has 0 spiro atoms. The molecule has 0 aliphatic heterocycles. The largest absolute Gasteiger partial charge is 0.501 e. The highest BCUT2D eigenvalue weighted by atomic mass is 16.5. The molecule has 108 valence electrons. The van der Waals surface area contributed by atoms with E-state index in [1.807, 2.05) is 32.9 Å². The third kappa shape index (κ3) is 7.34. The number of rotatable bonds is 10. The quantitative estimate of drug-likeness (QED) is 0.347. The highest BCUT2D eigenvalue weighted by molar-refractivity contribution is 5.81. The molecule has 0 atom stereocenters. The van der Waals surface area contributed by atoms with Crippen LogP contribution in [0, 0.1) is 5.41 Å². The van der Waals surface area contributed by atoms with Crippen LogP contribution in [0.5, 0.6) is 0 Å². The Morgan fingerprint density at radius 2 is 1.63 bits per heavy atom. The zero-order valence-electron chi connectivity index (χ0n) is 12.1. The van der Waals surface area contributed by atoms with Gasteiger partial charge >= 0.3 is 5.97 Å². The maximum atomic E-state index is 11.2. The zero-order chi connectivity index (χ0) is 14.6. The molecule has 0 N–H and O–H groups in total. The fraction of sp³-hybridized carbons (Fsp3) is 0.533. The minimum Gasteiger partial charge on any atom is -0.501 e. The van der Waals surface area contributed by atoms with E-state index in [-0.39, 0.29) is 12.0 Å². The van der Waals surface area contributed by atoms with Crippen molar-refractivity contribution in [2.24, 2.45) is 5.41 Å². The van der Waals surface area contributed by atoms with Gasteiger partial charge in [-0.05, 0) is 20.3 Å². The summed E-state index contributed by atoms with van der Waals surface area (Å²) >= 11 is 0. The van der Waals surface area contributed by atoms with Crippen LogP contribution < -0.4 is 0 Å². The first-order valence-corrected chi connectivity index (χ1v) is 6.39. The van der Waals surface area contributed by atoms with Gasteiger partial charge < -0.3 is 14.2 Å². The second-order valence-corrected chi connectivity index (χ2v) is 4.23. The maximum absolute atomic E-state index is 11.2. The smallest absolute Gasteiger partial charge is 0.330 e. The number of hydrogen-bond acceptors (Lipinski definition) is 4. The molecule has 0 bridgehead atoms. The van der Waals surface area contributed by atoms with Crippen LogP contribution in [0.1, 0.15) is 27.2 Å². The van der Waals surface area contributed by atoms with Gasteiger partial charge in [0.25, 0.3) is 0 Å². The van der Waals surface area contributed by atoms with E-state index in [0.717, 1.165) is 12.5 Å². The molecule has 0 saturated heterocycles. The molecule has 4 heteroatoms. The molecule has 0 rings (SSSR count). The Kier molecular flexibility index (Phi) is 9.31. The van der Waals surface area contributed by atoms with Gasteiger partial charge in [-0.3, -0.25) is 0 Å². The normalized spacial score (nSPS) is 11.7. The predicted octanol–water partition coefficient (Wildman–Crippen LogP) is 3.21. The lowest BCUT2D eigenvalue weighted by Gasteiger charge is -2.30. The van der Waals surface area contributed by atoms with Gasteiger partial charge in [-0.1, -0.05) is 25.7 Å². The van der Waals surface area contributed by atoms with Crippen molar-refractivity contribution in [2.45, 2.75) is 27.2 Å². The third-order valence-corrected chi connectivity index (χ3v) is 2.68. The van der Waals surface area contributed by atoms with Crippen LogP contribution in [0.3, 0.4) is 0 Å². The number of carbonyl (C=O) groups excluding carboxylic acids is 1. The van der Waals surface area contributed by atoms with Gasteiger partial charge in [-0.15, -0.1) is 0 Å². The maximum Gasteiger partial charge on any atom is 0.330 e. The van der Waals surface area contributed by atoms with Gasteiger partial charge in [-0.25, -0.2) is 4.79 Å². The minimum atomic E-state index is -0.435. The fourth-order valence-electron chi connectivity index (χ4n) is 1.36.